The second-order valence-corrected chi connectivity index (χ2v) is 8.39. The minimum Gasteiger partial charge on any atom is -0.507 e. The molecule has 0 saturated heterocycles. The highest BCUT2D eigenvalue weighted by molar-refractivity contribution is 7.99. The van der Waals surface area contributed by atoms with Crippen LogP contribution in [-0.4, -0.2) is 22.1 Å². The maximum absolute atomic E-state index is 12.4. The lowest BCUT2D eigenvalue weighted by atomic mass is 10.0. The van der Waals surface area contributed by atoms with Gasteiger partial charge in [0.25, 0.3) is 0 Å². The summed E-state index contributed by atoms with van der Waals surface area (Å²) in [6, 6.07) is 11.0. The number of thioether (sulfide) groups is 1. The second-order valence-electron chi connectivity index (χ2n) is 6.99. The Hall–Kier alpha value is -2.20. The van der Waals surface area contributed by atoms with Crippen molar-refractivity contribution < 1.29 is 14.6 Å². The number of allylic oxidation sites excluding steroid dienone is 1. The summed E-state index contributed by atoms with van der Waals surface area (Å²) >= 11 is 1.81. The number of hydrogen-bond acceptors (Lipinski definition) is 4. The first kappa shape index (κ1) is 22.1. The minimum absolute atomic E-state index is 0.0584. The Morgan fingerprint density at radius 3 is 2.39 bits per heavy atom. The van der Waals surface area contributed by atoms with Crippen molar-refractivity contribution in [2.45, 2.75) is 52.4 Å². The maximum Gasteiger partial charge on any atom is 0.185 e. The van der Waals surface area contributed by atoms with Crippen LogP contribution in [0.15, 0.2) is 42.5 Å². The van der Waals surface area contributed by atoms with Crippen LogP contribution in [0.25, 0.3) is 6.08 Å². The smallest absolute Gasteiger partial charge is 0.185 e. The molecule has 2 aromatic rings. The molecule has 2 rings (SSSR count). The molecule has 4 heteroatoms. The Labute approximate surface area is 172 Å². The molecule has 1 unspecified atom stereocenters. The van der Waals surface area contributed by atoms with Crippen molar-refractivity contribution in [3.05, 3.63) is 64.7 Å². The van der Waals surface area contributed by atoms with Crippen molar-refractivity contribution in [2.75, 3.05) is 5.75 Å². The summed E-state index contributed by atoms with van der Waals surface area (Å²) in [5.74, 6) is 2.13. The quantitative estimate of drug-likeness (QED) is 0.213. The van der Waals surface area contributed by atoms with E-state index in [-0.39, 0.29) is 11.2 Å². The Morgan fingerprint density at radius 1 is 1.14 bits per heavy atom. The number of aromatic hydroxyl groups is 1. The van der Waals surface area contributed by atoms with E-state index < -0.39 is 0 Å². The van der Waals surface area contributed by atoms with Gasteiger partial charge in [0.2, 0.25) is 0 Å². The summed E-state index contributed by atoms with van der Waals surface area (Å²) in [6.07, 6.45) is 7.04. The van der Waals surface area contributed by atoms with E-state index in [4.69, 9.17) is 4.74 Å². The van der Waals surface area contributed by atoms with Gasteiger partial charge in [0.1, 0.15) is 16.9 Å². The number of phenols is 1. The van der Waals surface area contributed by atoms with Gasteiger partial charge in [0.05, 0.1) is 0 Å². The van der Waals surface area contributed by atoms with Crippen LogP contribution in [0.3, 0.4) is 0 Å². The maximum atomic E-state index is 12.4. The molecule has 28 heavy (non-hydrogen) atoms. The lowest BCUT2D eigenvalue weighted by molar-refractivity contribution is 0.104. The van der Waals surface area contributed by atoms with E-state index in [1.54, 1.807) is 24.3 Å². The standard InChI is InChI=1S/C24H30O3S/c1-5-6-7-14-28-19(4)27-22-11-9-21(10-12-22)23(25)13-8-20-15-17(2)24(26)18(3)16-20/h8-13,15-16,19,26H,5-7,14H2,1-4H3. The molecule has 3 nitrogen and oxygen atoms in total. The van der Waals surface area contributed by atoms with Crippen LogP contribution in [0.2, 0.25) is 0 Å². The number of carbonyl (C=O) groups excluding carboxylic acids is 1. The van der Waals surface area contributed by atoms with Crippen molar-refractivity contribution in [1.29, 1.82) is 0 Å². The molecule has 0 aliphatic carbocycles. The molecule has 1 atom stereocenters. The van der Waals surface area contributed by atoms with E-state index in [2.05, 4.69) is 13.8 Å². The van der Waals surface area contributed by atoms with Crippen molar-refractivity contribution in [3.8, 4) is 11.5 Å². The van der Waals surface area contributed by atoms with E-state index in [1.807, 2.05) is 49.9 Å². The number of ketones is 1. The van der Waals surface area contributed by atoms with Crippen LogP contribution in [0, 0.1) is 13.8 Å². The summed E-state index contributed by atoms with van der Waals surface area (Å²) in [5, 5.41) is 9.84. The SMILES string of the molecule is CCCCCSC(C)Oc1ccc(C(=O)C=Cc2cc(C)c(O)c(C)c2)cc1. The average Bonchev–Trinajstić information content (AvgIpc) is 2.68. The van der Waals surface area contributed by atoms with Gasteiger partial charge in [0, 0.05) is 5.56 Å². The first-order valence-corrected chi connectivity index (χ1v) is 10.9. The molecule has 1 N–H and O–H groups in total. The number of ether oxygens (including phenoxy) is 1. The molecule has 0 bridgehead atoms. The summed E-state index contributed by atoms with van der Waals surface area (Å²) in [5.41, 5.74) is 3.22. The molecular weight excluding hydrogens is 368 g/mol. The summed E-state index contributed by atoms with van der Waals surface area (Å²) in [7, 11) is 0. The number of benzene rings is 2. The fourth-order valence-electron chi connectivity index (χ4n) is 2.88. The van der Waals surface area contributed by atoms with E-state index in [0.29, 0.717) is 11.3 Å². The summed E-state index contributed by atoms with van der Waals surface area (Å²) in [4.78, 5) is 12.4. The largest absolute Gasteiger partial charge is 0.507 e. The monoisotopic (exact) mass is 398 g/mol. The molecule has 0 aromatic heterocycles. The third-order valence-electron chi connectivity index (χ3n) is 4.48. The van der Waals surface area contributed by atoms with Gasteiger partial charge in [-0.2, -0.15) is 0 Å². The zero-order chi connectivity index (χ0) is 20.5. The Morgan fingerprint density at radius 2 is 1.79 bits per heavy atom. The normalized spacial score (nSPS) is 12.3. The number of rotatable bonds is 10. The van der Waals surface area contributed by atoms with E-state index in [9.17, 15) is 9.90 Å². The lowest BCUT2D eigenvalue weighted by Crippen LogP contribution is -2.08. The van der Waals surface area contributed by atoms with E-state index >= 15 is 0 Å². The fourth-order valence-corrected chi connectivity index (χ4v) is 3.76. The number of hydrogen-bond donors (Lipinski definition) is 1. The topological polar surface area (TPSA) is 46.5 Å². The van der Waals surface area contributed by atoms with Crippen LogP contribution in [0.5, 0.6) is 11.5 Å². The highest BCUT2D eigenvalue weighted by atomic mass is 32.2. The molecule has 0 amide bonds. The first-order chi connectivity index (χ1) is 13.4. The van der Waals surface area contributed by atoms with Gasteiger partial charge in [-0.25, -0.2) is 0 Å². The fraction of sp³-hybridized carbons (Fsp3) is 0.375. The summed E-state index contributed by atoms with van der Waals surface area (Å²) < 4.78 is 5.91. The van der Waals surface area contributed by atoms with Gasteiger partial charge < -0.3 is 9.84 Å². The highest BCUT2D eigenvalue weighted by Crippen LogP contribution is 2.24. The zero-order valence-corrected chi connectivity index (χ0v) is 18.0. The van der Waals surface area contributed by atoms with Crippen LogP contribution in [-0.2, 0) is 0 Å². The van der Waals surface area contributed by atoms with Crippen LogP contribution < -0.4 is 4.74 Å². The molecule has 150 valence electrons. The van der Waals surface area contributed by atoms with Crippen LogP contribution in [0.4, 0.5) is 0 Å². The van der Waals surface area contributed by atoms with Gasteiger partial charge >= 0.3 is 0 Å². The predicted octanol–water partition coefficient (Wildman–Crippen LogP) is 6.55. The minimum atomic E-state index is -0.0584. The third kappa shape index (κ3) is 6.75. The van der Waals surface area contributed by atoms with Crippen molar-refractivity contribution in [1.82, 2.24) is 0 Å². The Kier molecular flexibility index (Phi) is 8.65. The summed E-state index contributed by atoms with van der Waals surface area (Å²) in [6.45, 7) is 7.96. The Bertz CT molecular complexity index is 786. The van der Waals surface area contributed by atoms with Crippen molar-refractivity contribution in [2.24, 2.45) is 0 Å². The first-order valence-electron chi connectivity index (χ1n) is 9.81. The molecule has 0 aliphatic heterocycles. The number of aryl methyl sites for hydroxylation is 2. The third-order valence-corrected chi connectivity index (χ3v) is 5.57. The van der Waals surface area contributed by atoms with Crippen molar-refractivity contribution >= 4 is 23.6 Å². The van der Waals surface area contributed by atoms with Gasteiger partial charge in [-0.3, -0.25) is 4.79 Å². The van der Waals surface area contributed by atoms with E-state index in [0.717, 1.165) is 28.2 Å². The zero-order valence-electron chi connectivity index (χ0n) is 17.2. The lowest BCUT2D eigenvalue weighted by Gasteiger charge is -2.14. The molecular formula is C24H30O3S. The van der Waals surface area contributed by atoms with Crippen molar-refractivity contribution in [3.63, 3.8) is 0 Å². The van der Waals surface area contributed by atoms with Gasteiger partial charge in [0.15, 0.2) is 5.78 Å². The molecule has 0 heterocycles. The molecule has 0 radical (unpaired) electrons. The molecule has 0 saturated carbocycles. The molecule has 0 fully saturated rings. The van der Waals surface area contributed by atoms with Crippen LogP contribution in [0.1, 0.15) is 60.2 Å². The molecule has 0 aliphatic rings. The van der Waals surface area contributed by atoms with Crippen LogP contribution >= 0.6 is 11.8 Å². The van der Waals surface area contributed by atoms with E-state index in [1.165, 1.54) is 19.3 Å². The molecule has 2 aromatic carbocycles. The molecule has 0 spiro atoms. The number of unbranched alkanes of at least 4 members (excludes halogenated alkanes) is 2. The number of carbonyl (C=O) groups is 1. The second kappa shape index (κ2) is 11.0. The van der Waals surface area contributed by atoms with Gasteiger partial charge in [-0.15, -0.1) is 11.8 Å². The number of phenolic OH excluding ortho intramolecular Hbond substituents is 1. The van der Waals surface area contributed by atoms with Gasteiger partial charge in [-0.1, -0.05) is 25.8 Å². The predicted molar refractivity (Wildman–Crippen MR) is 119 cm³/mol. The Balaban J connectivity index is 1.92. The highest BCUT2D eigenvalue weighted by Gasteiger charge is 2.07. The average molecular weight is 399 g/mol. The van der Waals surface area contributed by atoms with Gasteiger partial charge in [-0.05, 0) is 92.1 Å².